The van der Waals surface area contributed by atoms with Gasteiger partial charge in [-0.3, -0.25) is 0 Å². The fraction of sp³-hybridized carbons (Fsp3) is 0.708. The zero-order valence-corrected chi connectivity index (χ0v) is 17.5. The van der Waals surface area contributed by atoms with E-state index in [0.29, 0.717) is 12.0 Å². The summed E-state index contributed by atoms with van der Waals surface area (Å²) in [5.74, 6) is 1.19. The van der Waals surface area contributed by atoms with Crippen LogP contribution in [0.4, 0.5) is 0 Å². The number of azo groups is 1. The van der Waals surface area contributed by atoms with Gasteiger partial charge in [0.2, 0.25) is 0 Å². The summed E-state index contributed by atoms with van der Waals surface area (Å²) in [4.78, 5) is 0. The molecule has 1 aliphatic rings. The van der Waals surface area contributed by atoms with E-state index >= 15 is 0 Å². The lowest BCUT2D eigenvalue weighted by Crippen LogP contribution is -2.31. The van der Waals surface area contributed by atoms with Gasteiger partial charge in [-0.2, -0.15) is 15.5 Å². The van der Waals surface area contributed by atoms with E-state index in [1.165, 1.54) is 38.5 Å². The molecule has 0 radical (unpaired) electrons. The van der Waals surface area contributed by atoms with Crippen LogP contribution in [-0.4, -0.2) is 13.1 Å². The Labute approximate surface area is 166 Å². The Morgan fingerprint density at radius 2 is 1.81 bits per heavy atom. The summed E-state index contributed by atoms with van der Waals surface area (Å²) in [5.41, 5.74) is 0.747. The molecule has 3 heteroatoms. The van der Waals surface area contributed by atoms with Crippen LogP contribution in [0.3, 0.4) is 0 Å². The van der Waals surface area contributed by atoms with Crippen LogP contribution in [0, 0.1) is 23.2 Å². The van der Waals surface area contributed by atoms with Gasteiger partial charge in [0.05, 0.1) is 17.5 Å². The van der Waals surface area contributed by atoms with Crippen LogP contribution in [0.25, 0.3) is 0 Å². The first-order valence-electron chi connectivity index (χ1n) is 10.9. The fourth-order valence-electron chi connectivity index (χ4n) is 4.69. The van der Waals surface area contributed by atoms with E-state index in [2.05, 4.69) is 42.3 Å². The maximum atomic E-state index is 10.1. The molecule has 27 heavy (non-hydrogen) atoms. The van der Waals surface area contributed by atoms with Crippen LogP contribution < -0.4 is 0 Å². The topological polar surface area (TPSA) is 48.5 Å². The summed E-state index contributed by atoms with van der Waals surface area (Å²) in [5, 5.41) is 18.7. The second kappa shape index (κ2) is 11.2. The van der Waals surface area contributed by atoms with Crippen molar-refractivity contribution >= 4 is 0 Å². The predicted octanol–water partition coefficient (Wildman–Crippen LogP) is 7.09. The molecular weight excluding hydrogens is 330 g/mol. The van der Waals surface area contributed by atoms with Gasteiger partial charge in [0.25, 0.3) is 0 Å². The molecule has 2 rings (SSSR count). The summed E-state index contributed by atoms with van der Waals surface area (Å²) in [7, 11) is 1.78. The van der Waals surface area contributed by atoms with Crippen molar-refractivity contribution in [3.63, 3.8) is 0 Å². The van der Waals surface area contributed by atoms with E-state index in [-0.39, 0.29) is 0 Å². The Bertz CT molecular complexity index is 596. The number of hydrogen-bond donors (Lipinski definition) is 0. The van der Waals surface area contributed by atoms with E-state index in [9.17, 15) is 5.26 Å². The van der Waals surface area contributed by atoms with Gasteiger partial charge in [0.1, 0.15) is 0 Å². The van der Waals surface area contributed by atoms with Crippen LogP contribution in [0.2, 0.25) is 0 Å². The van der Waals surface area contributed by atoms with Crippen molar-refractivity contribution in [1.82, 2.24) is 0 Å². The minimum atomic E-state index is -0.404. The maximum absolute atomic E-state index is 10.1. The summed E-state index contributed by atoms with van der Waals surface area (Å²) in [6.07, 6.45) is 12.4. The molecule has 0 aromatic heterocycles. The van der Waals surface area contributed by atoms with Gasteiger partial charge < -0.3 is 0 Å². The molecule has 0 spiro atoms. The van der Waals surface area contributed by atoms with Crippen molar-refractivity contribution in [1.29, 1.82) is 5.26 Å². The lowest BCUT2D eigenvalue weighted by Gasteiger charge is -2.32. The molecule has 1 aliphatic carbocycles. The van der Waals surface area contributed by atoms with Crippen molar-refractivity contribution in [2.24, 2.45) is 22.1 Å². The third-order valence-electron chi connectivity index (χ3n) is 6.49. The first kappa shape index (κ1) is 21.6. The third kappa shape index (κ3) is 6.16. The molecule has 0 saturated heterocycles. The molecule has 1 fully saturated rings. The van der Waals surface area contributed by atoms with E-state index in [1.54, 1.807) is 7.05 Å². The highest BCUT2D eigenvalue weighted by molar-refractivity contribution is 5.33. The van der Waals surface area contributed by atoms with Crippen molar-refractivity contribution in [2.75, 3.05) is 7.05 Å². The van der Waals surface area contributed by atoms with Gasteiger partial charge in [0.15, 0.2) is 0 Å². The Hall–Kier alpha value is -1.69. The van der Waals surface area contributed by atoms with Crippen LogP contribution in [0.15, 0.2) is 40.6 Å². The van der Waals surface area contributed by atoms with Crippen LogP contribution >= 0.6 is 0 Å². The summed E-state index contributed by atoms with van der Waals surface area (Å²) < 4.78 is 0. The molecule has 3 nitrogen and oxygen atoms in total. The van der Waals surface area contributed by atoms with Gasteiger partial charge in [-0.1, -0.05) is 76.3 Å². The average Bonchev–Trinajstić information content (AvgIpc) is 2.70. The quantitative estimate of drug-likeness (QED) is 0.407. The van der Waals surface area contributed by atoms with Crippen LogP contribution in [0.1, 0.15) is 83.6 Å². The summed E-state index contributed by atoms with van der Waals surface area (Å²) in [6, 6.07) is 13.3. The second-order valence-electron chi connectivity index (χ2n) is 8.55. The van der Waals surface area contributed by atoms with Crippen molar-refractivity contribution in [2.45, 2.75) is 89.5 Å². The van der Waals surface area contributed by atoms with Gasteiger partial charge in [-0.05, 0) is 49.5 Å². The highest BCUT2D eigenvalue weighted by Crippen LogP contribution is 2.37. The zero-order chi connectivity index (χ0) is 19.5. The highest BCUT2D eigenvalue weighted by Gasteiger charge is 2.35. The summed E-state index contributed by atoms with van der Waals surface area (Å²) >= 11 is 0. The Kier molecular flexibility index (Phi) is 8.98. The third-order valence-corrected chi connectivity index (χ3v) is 6.49. The number of nitriles is 1. The van der Waals surface area contributed by atoms with Crippen LogP contribution in [-0.2, 0) is 5.41 Å². The summed E-state index contributed by atoms with van der Waals surface area (Å²) in [6.45, 7) is 4.34. The number of benzene rings is 1. The standard InChI is InChI=1S/C24H37N3/c1-20(2)24(19-25,22-13-8-5-9-14-22)18-10-15-23(27-26-3)17-16-21-11-6-4-7-12-21/h5,8-9,13-14,20-21,23H,4,6-7,10-12,15-18H2,1-3H3. The van der Waals surface area contributed by atoms with Gasteiger partial charge in [-0.25, -0.2) is 0 Å². The molecule has 0 bridgehead atoms. The monoisotopic (exact) mass is 367 g/mol. The maximum Gasteiger partial charge on any atom is 0.0845 e. The Morgan fingerprint density at radius 3 is 2.41 bits per heavy atom. The largest absolute Gasteiger partial charge is 0.197 e. The number of hydrogen-bond acceptors (Lipinski definition) is 3. The minimum absolute atomic E-state index is 0.290. The lowest BCUT2D eigenvalue weighted by atomic mass is 9.69. The van der Waals surface area contributed by atoms with Gasteiger partial charge in [0, 0.05) is 7.05 Å². The number of nitrogens with zero attached hydrogens (tertiary/aromatic N) is 3. The first-order valence-corrected chi connectivity index (χ1v) is 10.9. The Balaban J connectivity index is 1.93. The van der Waals surface area contributed by atoms with Crippen LogP contribution in [0.5, 0.6) is 0 Å². The molecule has 1 saturated carbocycles. The number of rotatable bonds is 10. The fourth-order valence-corrected chi connectivity index (χ4v) is 4.69. The van der Waals surface area contributed by atoms with E-state index in [4.69, 9.17) is 0 Å². The lowest BCUT2D eigenvalue weighted by molar-refractivity contribution is 0.310. The highest BCUT2D eigenvalue weighted by atomic mass is 15.1. The van der Waals surface area contributed by atoms with E-state index in [0.717, 1.165) is 37.2 Å². The predicted molar refractivity (Wildman–Crippen MR) is 113 cm³/mol. The van der Waals surface area contributed by atoms with Crippen molar-refractivity contribution in [3.05, 3.63) is 35.9 Å². The average molecular weight is 368 g/mol. The van der Waals surface area contributed by atoms with E-state index in [1.807, 2.05) is 18.2 Å². The molecule has 1 aromatic rings. The zero-order valence-electron chi connectivity index (χ0n) is 17.5. The molecule has 1 aromatic carbocycles. The molecule has 0 aliphatic heterocycles. The minimum Gasteiger partial charge on any atom is -0.197 e. The molecule has 2 atom stereocenters. The first-order chi connectivity index (χ1) is 13.1. The van der Waals surface area contributed by atoms with Crippen molar-refractivity contribution < 1.29 is 0 Å². The molecular formula is C24H37N3. The molecule has 0 amide bonds. The Morgan fingerprint density at radius 1 is 1.11 bits per heavy atom. The van der Waals surface area contributed by atoms with Gasteiger partial charge >= 0.3 is 0 Å². The second-order valence-corrected chi connectivity index (χ2v) is 8.55. The smallest absolute Gasteiger partial charge is 0.0845 e. The molecule has 0 heterocycles. The molecule has 0 N–H and O–H groups in total. The SMILES string of the molecule is CN=NC(CCCC(C#N)(c1ccccc1)C(C)C)CCC1CCCCC1. The van der Waals surface area contributed by atoms with E-state index < -0.39 is 5.41 Å². The van der Waals surface area contributed by atoms with Gasteiger partial charge in [-0.15, -0.1) is 0 Å². The molecule has 2 unspecified atom stereocenters. The molecule has 148 valence electrons. The normalized spacial score (nSPS) is 19.1. The van der Waals surface area contributed by atoms with Crippen molar-refractivity contribution in [3.8, 4) is 6.07 Å².